The predicted molar refractivity (Wildman–Crippen MR) is 134 cm³/mol. The van der Waals surface area contributed by atoms with Gasteiger partial charge in [-0.25, -0.2) is 4.79 Å². The molecule has 4 aromatic rings. The molecule has 34 heavy (non-hydrogen) atoms. The van der Waals surface area contributed by atoms with Gasteiger partial charge in [0, 0.05) is 16.5 Å². The minimum atomic E-state index is -0.388. The normalized spacial score (nSPS) is 10.5. The number of aryl methyl sites for hydroxylation is 1. The Kier molecular flexibility index (Phi) is 7.48. The number of nitriles is 1. The fourth-order valence-corrected chi connectivity index (χ4v) is 4.34. The number of amides is 2. The third kappa shape index (κ3) is 5.76. The van der Waals surface area contributed by atoms with E-state index in [1.807, 2.05) is 54.0 Å². The molecule has 0 saturated carbocycles. The largest absolute Gasteiger partial charge is 0.331 e. The van der Waals surface area contributed by atoms with E-state index in [2.05, 4.69) is 33.0 Å². The first kappa shape index (κ1) is 23.4. The molecule has 0 aliphatic heterocycles. The number of carbonyl (C=O) groups is 1. The van der Waals surface area contributed by atoms with E-state index in [1.54, 1.807) is 36.0 Å². The fourth-order valence-electron chi connectivity index (χ4n) is 3.26. The molecule has 0 unspecified atom stereocenters. The summed E-state index contributed by atoms with van der Waals surface area (Å²) >= 11 is 7.85. The van der Waals surface area contributed by atoms with Gasteiger partial charge in [-0.1, -0.05) is 59.8 Å². The van der Waals surface area contributed by atoms with Gasteiger partial charge < -0.3 is 10.6 Å². The topological polar surface area (TPSA) is 95.6 Å². The molecule has 0 spiro atoms. The lowest BCUT2D eigenvalue weighted by atomic mass is 10.2. The molecule has 0 fully saturated rings. The molecule has 0 aliphatic rings. The number of hydrogen-bond acceptors (Lipinski definition) is 5. The Bertz CT molecular complexity index is 1330. The second kappa shape index (κ2) is 10.9. The van der Waals surface area contributed by atoms with Crippen LogP contribution in [-0.4, -0.2) is 20.8 Å². The van der Waals surface area contributed by atoms with Crippen molar-refractivity contribution in [1.82, 2.24) is 20.1 Å². The maximum absolute atomic E-state index is 12.5. The second-order valence-corrected chi connectivity index (χ2v) is 8.82. The minimum Gasteiger partial charge on any atom is -0.331 e. The van der Waals surface area contributed by atoms with Gasteiger partial charge in [0.1, 0.15) is 0 Å². The molecule has 1 aromatic heterocycles. The highest BCUT2D eigenvalue weighted by Crippen LogP contribution is 2.28. The molecule has 170 valence electrons. The van der Waals surface area contributed by atoms with Crippen molar-refractivity contribution in [3.05, 3.63) is 100 Å². The predicted octanol–water partition coefficient (Wildman–Crippen LogP) is 5.71. The van der Waals surface area contributed by atoms with Gasteiger partial charge in [-0.2, -0.15) is 5.26 Å². The molecule has 0 atom stereocenters. The Hall–Kier alpha value is -3.80. The number of nitrogens with one attached hydrogen (secondary N) is 2. The van der Waals surface area contributed by atoms with E-state index in [0.29, 0.717) is 27.3 Å². The van der Waals surface area contributed by atoms with Crippen molar-refractivity contribution >= 4 is 35.1 Å². The van der Waals surface area contributed by atoms with E-state index in [0.717, 1.165) is 17.0 Å². The standard InChI is InChI=1S/C25H21ClN6OS/c1-17-7-10-20(26)13-22(17)32-23(30-31-25(32)34-16-19-5-3-2-4-6-19)15-28-24(33)29-21-11-8-18(14-27)9-12-21/h2-13H,15-16H2,1H3,(H2,28,29,33). The molecule has 7 nitrogen and oxygen atoms in total. The Morgan fingerprint density at radius 3 is 2.59 bits per heavy atom. The molecule has 2 N–H and O–H groups in total. The van der Waals surface area contributed by atoms with Crippen LogP contribution in [0.25, 0.3) is 5.69 Å². The maximum Gasteiger partial charge on any atom is 0.319 e. The van der Waals surface area contributed by atoms with Crippen molar-refractivity contribution in [3.8, 4) is 11.8 Å². The zero-order valence-electron chi connectivity index (χ0n) is 18.3. The van der Waals surface area contributed by atoms with E-state index < -0.39 is 0 Å². The number of urea groups is 1. The molecule has 1 heterocycles. The number of aromatic nitrogens is 3. The quantitative estimate of drug-likeness (QED) is 0.324. The van der Waals surface area contributed by atoms with Gasteiger partial charge in [0.15, 0.2) is 11.0 Å². The Morgan fingerprint density at radius 2 is 1.85 bits per heavy atom. The summed E-state index contributed by atoms with van der Waals surface area (Å²) in [6.45, 7) is 2.15. The summed E-state index contributed by atoms with van der Waals surface area (Å²) in [5.74, 6) is 1.31. The van der Waals surface area contributed by atoms with Gasteiger partial charge in [-0.3, -0.25) is 4.57 Å². The highest BCUT2D eigenvalue weighted by Gasteiger charge is 2.17. The number of carbonyl (C=O) groups excluding carboxylic acids is 1. The maximum atomic E-state index is 12.5. The van der Waals surface area contributed by atoms with E-state index in [9.17, 15) is 4.79 Å². The van der Waals surface area contributed by atoms with Gasteiger partial charge >= 0.3 is 6.03 Å². The minimum absolute atomic E-state index is 0.160. The van der Waals surface area contributed by atoms with Crippen LogP contribution in [0.15, 0.2) is 78.0 Å². The van der Waals surface area contributed by atoms with Crippen molar-refractivity contribution in [2.75, 3.05) is 5.32 Å². The lowest BCUT2D eigenvalue weighted by Gasteiger charge is -2.14. The molecule has 9 heteroatoms. The average Bonchev–Trinajstić information content (AvgIpc) is 3.26. The SMILES string of the molecule is Cc1ccc(Cl)cc1-n1c(CNC(=O)Nc2ccc(C#N)cc2)nnc1SCc1ccccc1. The van der Waals surface area contributed by atoms with Gasteiger partial charge in [-0.05, 0) is 54.4 Å². The molecular formula is C25H21ClN6OS. The van der Waals surface area contributed by atoms with Crippen LogP contribution in [0.5, 0.6) is 0 Å². The summed E-state index contributed by atoms with van der Waals surface area (Å²) < 4.78 is 1.93. The number of thioether (sulfide) groups is 1. The van der Waals surface area contributed by atoms with Crippen molar-refractivity contribution in [3.63, 3.8) is 0 Å². The average molecular weight is 489 g/mol. The van der Waals surface area contributed by atoms with Gasteiger partial charge in [0.2, 0.25) is 0 Å². The summed E-state index contributed by atoms with van der Waals surface area (Å²) in [4.78, 5) is 12.5. The van der Waals surface area contributed by atoms with Crippen LogP contribution in [0.2, 0.25) is 5.02 Å². The molecule has 0 saturated heterocycles. The third-order valence-electron chi connectivity index (χ3n) is 5.00. The number of halogens is 1. The second-order valence-electron chi connectivity index (χ2n) is 7.44. The first-order valence-electron chi connectivity index (χ1n) is 10.5. The summed E-state index contributed by atoms with van der Waals surface area (Å²) in [5, 5.41) is 24.5. The first-order valence-corrected chi connectivity index (χ1v) is 11.8. The zero-order valence-corrected chi connectivity index (χ0v) is 19.9. The van der Waals surface area contributed by atoms with Crippen LogP contribution in [-0.2, 0) is 12.3 Å². The van der Waals surface area contributed by atoms with Crippen molar-refractivity contribution in [1.29, 1.82) is 5.26 Å². The van der Waals surface area contributed by atoms with Crippen LogP contribution in [0, 0.1) is 18.3 Å². The number of rotatable bonds is 7. The molecule has 0 aliphatic carbocycles. The first-order chi connectivity index (χ1) is 16.5. The van der Waals surface area contributed by atoms with Crippen LogP contribution in [0.3, 0.4) is 0 Å². The molecule has 3 aromatic carbocycles. The highest BCUT2D eigenvalue weighted by atomic mass is 35.5. The molecular weight excluding hydrogens is 468 g/mol. The summed E-state index contributed by atoms with van der Waals surface area (Å²) in [5.41, 5.74) is 4.15. The van der Waals surface area contributed by atoms with E-state index in [4.69, 9.17) is 16.9 Å². The molecule has 0 radical (unpaired) electrons. The third-order valence-corrected chi connectivity index (χ3v) is 6.24. The van der Waals surface area contributed by atoms with Gasteiger partial charge in [0.25, 0.3) is 0 Å². The molecule has 2 amide bonds. The fraction of sp³-hybridized carbons (Fsp3) is 0.120. The Balaban J connectivity index is 1.53. The van der Waals surface area contributed by atoms with Crippen molar-refractivity contribution in [2.45, 2.75) is 24.4 Å². The zero-order chi connectivity index (χ0) is 23.9. The van der Waals surface area contributed by atoms with Crippen molar-refractivity contribution in [2.24, 2.45) is 0 Å². The number of anilines is 1. The summed E-state index contributed by atoms with van der Waals surface area (Å²) in [6.07, 6.45) is 0. The smallest absolute Gasteiger partial charge is 0.319 e. The van der Waals surface area contributed by atoms with E-state index in [-0.39, 0.29) is 12.6 Å². The van der Waals surface area contributed by atoms with Crippen LogP contribution in [0.4, 0.5) is 10.5 Å². The summed E-state index contributed by atoms with van der Waals surface area (Å²) in [6, 6.07) is 24.1. The number of nitrogens with zero attached hydrogens (tertiary/aromatic N) is 4. The number of hydrogen-bond donors (Lipinski definition) is 2. The van der Waals surface area contributed by atoms with Gasteiger partial charge in [-0.15, -0.1) is 10.2 Å². The number of benzene rings is 3. The molecule has 4 rings (SSSR count). The Morgan fingerprint density at radius 1 is 1.09 bits per heavy atom. The van der Waals surface area contributed by atoms with Crippen LogP contribution < -0.4 is 10.6 Å². The van der Waals surface area contributed by atoms with Gasteiger partial charge in [0.05, 0.1) is 23.9 Å². The van der Waals surface area contributed by atoms with Crippen LogP contribution >= 0.6 is 23.4 Å². The lowest BCUT2D eigenvalue weighted by Crippen LogP contribution is -2.29. The highest BCUT2D eigenvalue weighted by molar-refractivity contribution is 7.98. The van der Waals surface area contributed by atoms with E-state index >= 15 is 0 Å². The lowest BCUT2D eigenvalue weighted by molar-refractivity contribution is 0.251. The van der Waals surface area contributed by atoms with Crippen molar-refractivity contribution < 1.29 is 4.79 Å². The monoisotopic (exact) mass is 488 g/mol. The molecule has 0 bridgehead atoms. The van der Waals surface area contributed by atoms with E-state index in [1.165, 1.54) is 5.56 Å². The van der Waals surface area contributed by atoms with Crippen LogP contribution in [0.1, 0.15) is 22.5 Å². The summed E-state index contributed by atoms with van der Waals surface area (Å²) in [7, 11) is 0. The Labute approximate surface area is 206 Å².